The first-order chi connectivity index (χ1) is 18.4. The van der Waals surface area contributed by atoms with Crippen LogP contribution in [0, 0.1) is 11.6 Å². The Labute approximate surface area is 220 Å². The van der Waals surface area contributed by atoms with E-state index in [1.165, 1.54) is 20.3 Å². The van der Waals surface area contributed by atoms with Gasteiger partial charge in [-0.05, 0) is 42.9 Å². The highest BCUT2D eigenvalue weighted by molar-refractivity contribution is 5.81. The molecule has 0 saturated carbocycles. The van der Waals surface area contributed by atoms with E-state index in [2.05, 4.69) is 33.1 Å². The lowest BCUT2D eigenvalue weighted by Crippen LogP contribution is -2.46. The number of aromatic nitrogens is 2. The Kier molecular flexibility index (Phi) is 7.24. The number of ether oxygens (including phenoxy) is 2. The van der Waals surface area contributed by atoms with Crippen LogP contribution in [0.15, 0.2) is 48.7 Å². The average molecular weight is 523 g/mol. The zero-order chi connectivity index (χ0) is 26.8. The van der Waals surface area contributed by atoms with Crippen LogP contribution in [0.25, 0.3) is 11.0 Å². The maximum Gasteiger partial charge on any atom is 0.173 e. The molecular formula is C28H32F2N6O2. The molecule has 1 aliphatic rings. The number of nitrogen functional groups attached to an aromatic ring is 1. The van der Waals surface area contributed by atoms with Gasteiger partial charge in [-0.1, -0.05) is 6.92 Å². The number of methoxy groups -OCH3 is 2. The summed E-state index contributed by atoms with van der Waals surface area (Å²) in [5, 5.41) is 3.29. The summed E-state index contributed by atoms with van der Waals surface area (Å²) in [4.78, 5) is 9.46. The van der Waals surface area contributed by atoms with Crippen molar-refractivity contribution < 1.29 is 18.3 Å². The molecule has 10 heteroatoms. The predicted octanol–water partition coefficient (Wildman–Crippen LogP) is 4.85. The number of halogens is 2. The molecule has 0 bridgehead atoms. The Morgan fingerprint density at radius 3 is 2.29 bits per heavy atom. The molecule has 1 fully saturated rings. The minimum absolute atomic E-state index is 0.0515. The summed E-state index contributed by atoms with van der Waals surface area (Å²) in [6.45, 7) is 7.26. The molecule has 0 amide bonds. The molecule has 5 rings (SSSR count). The van der Waals surface area contributed by atoms with Crippen molar-refractivity contribution in [3.63, 3.8) is 0 Å². The minimum Gasteiger partial charge on any atom is -0.494 e. The van der Waals surface area contributed by atoms with Gasteiger partial charge in [0.25, 0.3) is 0 Å². The largest absolute Gasteiger partial charge is 0.494 e. The Morgan fingerprint density at radius 2 is 1.66 bits per heavy atom. The number of pyridine rings is 1. The zero-order valence-electron chi connectivity index (χ0n) is 21.8. The van der Waals surface area contributed by atoms with Gasteiger partial charge in [-0.3, -0.25) is 0 Å². The molecule has 1 aliphatic heterocycles. The molecule has 0 aliphatic carbocycles. The van der Waals surface area contributed by atoms with Crippen molar-refractivity contribution >= 4 is 33.9 Å². The number of fused-ring (bicyclic) bond motifs is 1. The second-order valence-corrected chi connectivity index (χ2v) is 9.25. The number of benzene rings is 2. The van der Waals surface area contributed by atoms with Crippen LogP contribution in [0.4, 0.5) is 31.7 Å². The Balaban J connectivity index is 1.34. The molecule has 0 unspecified atom stereocenters. The fraction of sp³-hybridized carbons (Fsp3) is 0.321. The lowest BCUT2D eigenvalue weighted by Gasteiger charge is -2.35. The van der Waals surface area contributed by atoms with Crippen LogP contribution in [0.2, 0.25) is 0 Å². The number of hydrogen-bond acceptors (Lipinski definition) is 7. The highest BCUT2D eigenvalue weighted by atomic mass is 19.1. The van der Waals surface area contributed by atoms with Gasteiger partial charge in [0.1, 0.15) is 5.82 Å². The molecule has 0 radical (unpaired) electrons. The molecule has 3 heterocycles. The van der Waals surface area contributed by atoms with Gasteiger partial charge in [0.2, 0.25) is 0 Å². The first-order valence-electron chi connectivity index (χ1n) is 12.6. The average Bonchev–Trinajstić information content (AvgIpc) is 3.34. The fourth-order valence-electron chi connectivity index (χ4n) is 4.85. The Morgan fingerprint density at radius 1 is 0.947 bits per heavy atom. The van der Waals surface area contributed by atoms with Crippen molar-refractivity contribution in [1.29, 1.82) is 0 Å². The number of anilines is 4. The molecule has 2 aromatic carbocycles. The van der Waals surface area contributed by atoms with E-state index in [0.717, 1.165) is 49.6 Å². The zero-order valence-corrected chi connectivity index (χ0v) is 21.8. The number of nitrogens with one attached hydrogen (secondary N) is 1. The second kappa shape index (κ2) is 10.7. The molecule has 0 atom stereocenters. The number of nitrogens with two attached hydrogens (primary N) is 1. The quantitative estimate of drug-likeness (QED) is 0.320. The van der Waals surface area contributed by atoms with E-state index in [-0.39, 0.29) is 23.6 Å². The monoisotopic (exact) mass is 522 g/mol. The summed E-state index contributed by atoms with van der Waals surface area (Å²) in [7, 11) is 2.66. The lowest BCUT2D eigenvalue weighted by atomic mass is 10.1. The summed E-state index contributed by atoms with van der Waals surface area (Å²) in [6, 6.07) is 12.7. The maximum atomic E-state index is 14.9. The van der Waals surface area contributed by atoms with Gasteiger partial charge in [0, 0.05) is 44.1 Å². The van der Waals surface area contributed by atoms with Crippen molar-refractivity contribution in [2.45, 2.75) is 13.5 Å². The van der Waals surface area contributed by atoms with Gasteiger partial charge in [0.05, 0.1) is 48.7 Å². The summed E-state index contributed by atoms with van der Waals surface area (Å²) >= 11 is 0. The van der Waals surface area contributed by atoms with Gasteiger partial charge in [-0.15, -0.1) is 0 Å². The molecule has 2 aromatic heterocycles. The number of rotatable bonds is 8. The molecule has 3 N–H and O–H groups in total. The first-order valence-corrected chi connectivity index (χ1v) is 12.6. The van der Waals surface area contributed by atoms with Crippen LogP contribution < -0.4 is 25.4 Å². The van der Waals surface area contributed by atoms with E-state index >= 15 is 0 Å². The second-order valence-electron chi connectivity index (χ2n) is 9.25. The third kappa shape index (κ3) is 4.91. The summed E-state index contributed by atoms with van der Waals surface area (Å²) in [6.07, 6.45) is 1.74. The van der Waals surface area contributed by atoms with E-state index in [4.69, 9.17) is 15.2 Å². The lowest BCUT2D eigenvalue weighted by molar-refractivity contribution is 0.271. The summed E-state index contributed by atoms with van der Waals surface area (Å²) < 4.78 is 41.6. The van der Waals surface area contributed by atoms with E-state index in [1.807, 2.05) is 24.3 Å². The smallest absolute Gasteiger partial charge is 0.173 e. The topological polar surface area (TPSA) is 80.8 Å². The normalized spacial score (nSPS) is 14.2. The van der Waals surface area contributed by atoms with E-state index < -0.39 is 11.6 Å². The molecule has 38 heavy (non-hydrogen) atoms. The van der Waals surface area contributed by atoms with Crippen LogP contribution in [-0.4, -0.2) is 61.4 Å². The predicted molar refractivity (Wildman–Crippen MR) is 147 cm³/mol. The highest BCUT2D eigenvalue weighted by Gasteiger charge is 2.21. The van der Waals surface area contributed by atoms with Gasteiger partial charge < -0.3 is 34.9 Å². The van der Waals surface area contributed by atoms with Crippen LogP contribution in [0.5, 0.6) is 11.5 Å². The van der Waals surface area contributed by atoms with E-state index in [0.29, 0.717) is 17.0 Å². The number of piperazine rings is 1. The van der Waals surface area contributed by atoms with E-state index in [9.17, 15) is 8.78 Å². The van der Waals surface area contributed by atoms with Crippen LogP contribution in [0.1, 0.15) is 12.5 Å². The van der Waals surface area contributed by atoms with Crippen LogP contribution in [-0.2, 0) is 6.54 Å². The number of nitrogens with zero attached hydrogens (tertiary/aromatic N) is 4. The maximum absolute atomic E-state index is 14.9. The molecule has 0 spiro atoms. The highest BCUT2D eigenvalue weighted by Crippen LogP contribution is 2.33. The number of hydrogen-bond donors (Lipinski definition) is 2. The SMILES string of the molecule is CCN1CCN(c2ccc(Nc3ccc4c(ccn4Cc4c(F)c(OC)cc(OC)c4F)n3)c(N)c2)CC1. The Hall–Kier alpha value is -4.05. The fourth-order valence-corrected chi connectivity index (χ4v) is 4.85. The van der Waals surface area contributed by atoms with Gasteiger partial charge in [0.15, 0.2) is 23.1 Å². The molecule has 8 nitrogen and oxygen atoms in total. The summed E-state index contributed by atoms with van der Waals surface area (Å²) in [5.41, 5.74) is 10.1. The van der Waals surface area contributed by atoms with Crippen molar-refractivity contribution in [3.8, 4) is 11.5 Å². The summed E-state index contributed by atoms with van der Waals surface area (Å²) in [5.74, 6) is -1.06. The molecule has 200 valence electrons. The van der Waals surface area contributed by atoms with E-state index in [1.54, 1.807) is 16.8 Å². The van der Waals surface area contributed by atoms with Crippen LogP contribution >= 0.6 is 0 Å². The van der Waals surface area contributed by atoms with Crippen molar-refractivity contribution in [3.05, 3.63) is 65.9 Å². The van der Waals surface area contributed by atoms with Crippen LogP contribution in [0.3, 0.4) is 0 Å². The van der Waals surface area contributed by atoms with Crippen molar-refractivity contribution in [2.75, 3.05) is 62.9 Å². The van der Waals surface area contributed by atoms with Gasteiger partial charge in [-0.25, -0.2) is 13.8 Å². The minimum atomic E-state index is -0.759. The third-order valence-corrected chi connectivity index (χ3v) is 7.10. The standard InChI is InChI=1S/C28H32F2N6O2/c1-4-34-11-13-35(14-12-34)18-5-6-21(20(31)15-18)32-26-8-7-23-22(33-26)9-10-36(23)17-19-27(29)24(37-2)16-25(38-3)28(19)30/h5-10,15-16H,4,11-14,17,31H2,1-3H3,(H,32,33). The Bertz CT molecular complexity index is 1420. The third-order valence-electron chi connectivity index (χ3n) is 7.10. The van der Waals surface area contributed by atoms with Crippen molar-refractivity contribution in [2.24, 2.45) is 0 Å². The first kappa shape index (κ1) is 25.6. The van der Waals surface area contributed by atoms with Crippen molar-refractivity contribution in [1.82, 2.24) is 14.5 Å². The molecule has 1 saturated heterocycles. The van der Waals surface area contributed by atoms with Gasteiger partial charge in [-0.2, -0.15) is 0 Å². The number of likely N-dealkylation sites (N-methyl/N-ethyl adjacent to an activating group) is 1. The molecule has 4 aromatic rings. The molecular weight excluding hydrogens is 490 g/mol. The van der Waals surface area contributed by atoms with Gasteiger partial charge >= 0.3 is 0 Å².